The van der Waals surface area contributed by atoms with Gasteiger partial charge < -0.3 is 20.1 Å². The zero-order valence-electron chi connectivity index (χ0n) is 13.4. The van der Waals surface area contributed by atoms with Crippen molar-refractivity contribution in [3.8, 4) is 0 Å². The van der Waals surface area contributed by atoms with Gasteiger partial charge in [-0.1, -0.05) is 24.3 Å². The van der Waals surface area contributed by atoms with Gasteiger partial charge in [0.15, 0.2) is 0 Å². The van der Waals surface area contributed by atoms with Gasteiger partial charge in [-0.05, 0) is 11.1 Å². The van der Waals surface area contributed by atoms with E-state index in [1.807, 2.05) is 6.07 Å². The van der Waals surface area contributed by atoms with Gasteiger partial charge in [-0.15, -0.1) is 0 Å². The Morgan fingerprint density at radius 1 is 1.17 bits per heavy atom. The second-order valence-corrected chi connectivity index (χ2v) is 5.96. The van der Waals surface area contributed by atoms with Gasteiger partial charge in [0.2, 0.25) is 5.91 Å². The van der Waals surface area contributed by atoms with Crippen LogP contribution >= 0.6 is 0 Å². The zero-order valence-corrected chi connectivity index (χ0v) is 13.4. The SMILES string of the molecule is O=C(NCc1ccccc1CN1CCOCC1)C1COCCN1. The zero-order chi connectivity index (χ0) is 15.9. The molecule has 1 amide bonds. The van der Waals surface area contributed by atoms with E-state index in [1.165, 1.54) is 11.1 Å². The number of benzene rings is 1. The lowest BCUT2D eigenvalue weighted by atomic mass is 10.1. The summed E-state index contributed by atoms with van der Waals surface area (Å²) in [4.78, 5) is 14.6. The fraction of sp³-hybridized carbons (Fsp3) is 0.588. The summed E-state index contributed by atoms with van der Waals surface area (Å²) in [5.74, 6) is 0.00544. The highest BCUT2D eigenvalue weighted by Crippen LogP contribution is 2.13. The van der Waals surface area contributed by atoms with Gasteiger partial charge in [-0.25, -0.2) is 0 Å². The van der Waals surface area contributed by atoms with Gasteiger partial charge in [0.1, 0.15) is 6.04 Å². The molecular formula is C17H25N3O3. The first-order valence-electron chi connectivity index (χ1n) is 8.28. The molecule has 2 fully saturated rings. The maximum Gasteiger partial charge on any atom is 0.239 e. The first-order valence-corrected chi connectivity index (χ1v) is 8.28. The number of hydrogen-bond acceptors (Lipinski definition) is 5. The minimum Gasteiger partial charge on any atom is -0.379 e. The molecule has 1 unspecified atom stereocenters. The van der Waals surface area contributed by atoms with Crippen molar-refractivity contribution in [3.63, 3.8) is 0 Å². The highest BCUT2D eigenvalue weighted by atomic mass is 16.5. The summed E-state index contributed by atoms with van der Waals surface area (Å²) in [6, 6.07) is 8.05. The summed E-state index contributed by atoms with van der Waals surface area (Å²) in [5, 5.41) is 6.20. The minimum absolute atomic E-state index is 0.00544. The molecule has 0 saturated carbocycles. The highest BCUT2D eigenvalue weighted by Gasteiger charge is 2.21. The number of carbonyl (C=O) groups is 1. The van der Waals surface area contributed by atoms with Crippen LogP contribution in [0.4, 0.5) is 0 Å². The van der Waals surface area contributed by atoms with E-state index in [4.69, 9.17) is 9.47 Å². The number of hydrogen-bond donors (Lipinski definition) is 2. The van der Waals surface area contributed by atoms with Crippen molar-refractivity contribution >= 4 is 5.91 Å². The molecule has 1 atom stereocenters. The summed E-state index contributed by atoms with van der Waals surface area (Å²) in [5.41, 5.74) is 2.44. The van der Waals surface area contributed by atoms with Gasteiger partial charge in [-0.2, -0.15) is 0 Å². The number of morpholine rings is 2. The second kappa shape index (κ2) is 8.40. The Morgan fingerprint density at radius 2 is 1.96 bits per heavy atom. The topological polar surface area (TPSA) is 62.8 Å². The van der Waals surface area contributed by atoms with Crippen LogP contribution in [0.2, 0.25) is 0 Å². The average Bonchev–Trinajstić information content (AvgIpc) is 2.62. The first-order chi connectivity index (χ1) is 11.3. The van der Waals surface area contributed by atoms with Gasteiger partial charge in [0.05, 0.1) is 26.4 Å². The third-order valence-electron chi connectivity index (χ3n) is 4.31. The highest BCUT2D eigenvalue weighted by molar-refractivity contribution is 5.82. The van der Waals surface area contributed by atoms with E-state index in [1.54, 1.807) is 0 Å². The van der Waals surface area contributed by atoms with Crippen LogP contribution in [0, 0.1) is 0 Å². The largest absolute Gasteiger partial charge is 0.379 e. The van der Waals surface area contributed by atoms with Crippen LogP contribution in [0.5, 0.6) is 0 Å². The van der Waals surface area contributed by atoms with Crippen LogP contribution in [0.1, 0.15) is 11.1 Å². The lowest BCUT2D eigenvalue weighted by Crippen LogP contribution is -2.51. The Bertz CT molecular complexity index is 512. The third kappa shape index (κ3) is 4.75. The number of rotatable bonds is 5. The molecule has 23 heavy (non-hydrogen) atoms. The molecule has 2 aliphatic heterocycles. The van der Waals surface area contributed by atoms with Crippen LogP contribution in [0.3, 0.4) is 0 Å². The molecule has 2 aliphatic rings. The molecule has 0 bridgehead atoms. The number of ether oxygens (including phenoxy) is 2. The lowest BCUT2D eigenvalue weighted by molar-refractivity contribution is -0.126. The molecule has 0 aromatic heterocycles. The van der Waals surface area contributed by atoms with Crippen molar-refractivity contribution in [2.24, 2.45) is 0 Å². The normalized spacial score (nSPS) is 22.7. The van der Waals surface area contributed by atoms with E-state index in [0.717, 1.165) is 39.4 Å². The van der Waals surface area contributed by atoms with Crippen LogP contribution in [0.15, 0.2) is 24.3 Å². The maximum absolute atomic E-state index is 12.2. The number of amides is 1. The Kier molecular flexibility index (Phi) is 5.99. The van der Waals surface area contributed by atoms with Crippen molar-refractivity contribution in [2.75, 3.05) is 46.1 Å². The third-order valence-corrected chi connectivity index (χ3v) is 4.31. The van der Waals surface area contributed by atoms with Crippen molar-refractivity contribution in [1.82, 2.24) is 15.5 Å². The van der Waals surface area contributed by atoms with E-state index in [9.17, 15) is 4.79 Å². The molecule has 2 N–H and O–H groups in total. The molecule has 1 aromatic carbocycles. The molecule has 126 valence electrons. The Balaban J connectivity index is 1.55. The monoisotopic (exact) mass is 319 g/mol. The van der Waals surface area contributed by atoms with E-state index in [-0.39, 0.29) is 11.9 Å². The van der Waals surface area contributed by atoms with Crippen molar-refractivity contribution in [1.29, 1.82) is 0 Å². The van der Waals surface area contributed by atoms with Crippen LogP contribution in [-0.4, -0.2) is 62.9 Å². The van der Waals surface area contributed by atoms with Crippen LogP contribution in [-0.2, 0) is 27.4 Å². The number of carbonyl (C=O) groups excluding carboxylic acids is 1. The number of nitrogens with one attached hydrogen (secondary N) is 2. The van der Waals surface area contributed by atoms with Crippen LogP contribution in [0.25, 0.3) is 0 Å². The molecule has 0 aliphatic carbocycles. The summed E-state index contributed by atoms with van der Waals surface area (Å²) in [7, 11) is 0. The van der Waals surface area contributed by atoms with Crippen molar-refractivity contribution in [2.45, 2.75) is 19.1 Å². The molecule has 6 nitrogen and oxygen atoms in total. The summed E-state index contributed by atoms with van der Waals surface area (Å²) < 4.78 is 10.7. The molecule has 2 heterocycles. The van der Waals surface area contributed by atoms with E-state index in [0.29, 0.717) is 19.8 Å². The van der Waals surface area contributed by atoms with Gasteiger partial charge in [-0.3, -0.25) is 9.69 Å². The molecule has 3 rings (SSSR count). The molecular weight excluding hydrogens is 294 g/mol. The Labute approximate surface area is 137 Å². The molecule has 0 spiro atoms. The Hall–Kier alpha value is -1.47. The molecule has 1 aromatic rings. The second-order valence-electron chi connectivity index (χ2n) is 5.96. The summed E-state index contributed by atoms with van der Waals surface area (Å²) in [6.45, 7) is 6.82. The van der Waals surface area contributed by atoms with Gasteiger partial charge in [0, 0.05) is 32.7 Å². The number of nitrogens with zero attached hydrogens (tertiary/aromatic N) is 1. The standard InChI is InChI=1S/C17H25N3O3/c21-17(16-13-23-8-5-18-16)19-11-14-3-1-2-4-15(14)12-20-6-9-22-10-7-20/h1-4,16,18H,5-13H2,(H,19,21). The summed E-state index contributed by atoms with van der Waals surface area (Å²) in [6.07, 6.45) is 0. The minimum atomic E-state index is -0.241. The van der Waals surface area contributed by atoms with Gasteiger partial charge >= 0.3 is 0 Å². The molecule has 6 heteroatoms. The predicted octanol–water partition coefficient (Wildman–Crippen LogP) is 0.123. The predicted molar refractivity (Wildman–Crippen MR) is 87.0 cm³/mol. The lowest BCUT2D eigenvalue weighted by Gasteiger charge is -2.27. The molecule has 2 saturated heterocycles. The fourth-order valence-corrected chi connectivity index (χ4v) is 2.92. The smallest absolute Gasteiger partial charge is 0.239 e. The van der Waals surface area contributed by atoms with Gasteiger partial charge in [0.25, 0.3) is 0 Å². The summed E-state index contributed by atoms with van der Waals surface area (Å²) >= 11 is 0. The maximum atomic E-state index is 12.2. The average molecular weight is 319 g/mol. The van der Waals surface area contributed by atoms with Crippen LogP contribution < -0.4 is 10.6 Å². The first kappa shape index (κ1) is 16.4. The van der Waals surface area contributed by atoms with Crippen molar-refractivity contribution in [3.05, 3.63) is 35.4 Å². The molecule has 0 radical (unpaired) electrons. The Morgan fingerprint density at radius 3 is 2.70 bits per heavy atom. The fourth-order valence-electron chi connectivity index (χ4n) is 2.92. The van der Waals surface area contributed by atoms with E-state index in [2.05, 4.69) is 33.7 Å². The van der Waals surface area contributed by atoms with Crippen molar-refractivity contribution < 1.29 is 14.3 Å². The quantitative estimate of drug-likeness (QED) is 0.807. The van der Waals surface area contributed by atoms with E-state index < -0.39 is 0 Å². The van der Waals surface area contributed by atoms with E-state index >= 15 is 0 Å².